The molecule has 3 aliphatic heterocycles. The number of H-pyrrole nitrogens is 2. The lowest BCUT2D eigenvalue weighted by atomic mass is 10.1. The van der Waals surface area contributed by atoms with E-state index in [1.807, 2.05) is 0 Å². The predicted octanol–water partition coefficient (Wildman–Crippen LogP) is -3.52. The van der Waals surface area contributed by atoms with Gasteiger partial charge in [0.1, 0.15) is 72.6 Å². The molecule has 9 rings (SSSR count). The number of anilines is 2. The van der Waals surface area contributed by atoms with Crippen molar-refractivity contribution in [3.05, 3.63) is 51.8 Å². The van der Waals surface area contributed by atoms with Crippen molar-refractivity contribution in [1.29, 1.82) is 0 Å². The Bertz CT molecular complexity index is 3490. The van der Waals surface area contributed by atoms with Gasteiger partial charge in [0.15, 0.2) is 35.1 Å². The number of hydrogen-bond acceptors (Lipinski definition) is 28. The van der Waals surface area contributed by atoms with Gasteiger partial charge in [-0.3, -0.25) is 41.8 Å². The number of nitrogens with zero attached hydrogens (tertiary/aromatic N) is 10. The van der Waals surface area contributed by atoms with Gasteiger partial charge in [-0.2, -0.15) is 18.2 Å². The molecule has 0 spiro atoms. The predicted molar refractivity (Wildman–Crippen MR) is 244 cm³/mol. The number of rotatable bonds is 20. The number of ether oxygens (including phenoxy) is 4. The van der Waals surface area contributed by atoms with Crippen LogP contribution in [0.4, 0.5) is 11.8 Å². The number of aliphatic hydroxyl groups excluding tert-OH is 4. The second kappa shape index (κ2) is 21.0. The Kier molecular flexibility index (Phi) is 15.4. The topological polar surface area (TPSA) is 522 Å². The first-order chi connectivity index (χ1) is 35.7. The van der Waals surface area contributed by atoms with E-state index in [2.05, 4.69) is 53.8 Å². The van der Waals surface area contributed by atoms with E-state index in [-0.39, 0.29) is 51.1 Å². The van der Waals surface area contributed by atoms with Crippen LogP contribution in [0.2, 0.25) is 0 Å². The molecule has 0 bridgehead atoms. The second-order valence-corrected chi connectivity index (χ2v) is 22.9. The van der Waals surface area contributed by atoms with Crippen LogP contribution in [0.3, 0.4) is 0 Å². The molecule has 0 amide bonds. The minimum Gasteiger partial charge on any atom is -0.387 e. The van der Waals surface area contributed by atoms with E-state index in [1.54, 1.807) is 7.05 Å². The average molecular weight is 1160 g/mol. The molecule has 9 heterocycles. The number of aromatic amines is 2. The summed E-state index contributed by atoms with van der Waals surface area (Å²) in [6, 6.07) is 0. The number of aryl methyl sites for hydroxylation is 2. The van der Waals surface area contributed by atoms with Crippen molar-refractivity contribution in [2.24, 2.45) is 7.05 Å². The summed E-state index contributed by atoms with van der Waals surface area (Å²) in [4.78, 5) is 96.9. The molecule has 0 radical (unpaired) electrons. The molecule has 0 aromatic carbocycles. The number of methoxy groups -OCH3 is 1. The van der Waals surface area contributed by atoms with Crippen LogP contribution < -0.4 is 26.7 Å². The van der Waals surface area contributed by atoms with E-state index in [0.29, 0.717) is 0 Å². The fourth-order valence-corrected chi connectivity index (χ4v) is 13.0. The quantitative estimate of drug-likeness (QED) is 0.0260. The van der Waals surface area contributed by atoms with Crippen molar-refractivity contribution in [3.63, 3.8) is 0 Å². The Morgan fingerprint density at radius 2 is 1.24 bits per heavy atom. The summed E-state index contributed by atoms with van der Waals surface area (Å²) in [7, 11) is -19.3. The molecule has 76 heavy (non-hydrogen) atoms. The summed E-state index contributed by atoms with van der Waals surface area (Å²) in [5, 5.41) is 46.1. The van der Waals surface area contributed by atoms with Crippen LogP contribution in [0.5, 0.6) is 0 Å². The molecule has 13 N–H and O–H groups in total. The van der Waals surface area contributed by atoms with Gasteiger partial charge in [-0.25, -0.2) is 47.7 Å². The Hall–Kier alpha value is -4.95. The molecular formula is C34H47N14O24P4+. The van der Waals surface area contributed by atoms with E-state index in [0.717, 1.165) is 28.9 Å². The zero-order chi connectivity index (χ0) is 55.0. The Morgan fingerprint density at radius 1 is 0.684 bits per heavy atom. The highest BCUT2D eigenvalue weighted by Gasteiger charge is 2.54. The van der Waals surface area contributed by atoms with Crippen LogP contribution in [-0.2, 0) is 71.0 Å². The molecule has 38 nitrogen and oxygen atoms in total. The largest absolute Gasteiger partial charge is 0.490 e. The van der Waals surface area contributed by atoms with Crippen LogP contribution in [0, 0.1) is 6.92 Å². The lowest BCUT2D eigenvalue weighted by molar-refractivity contribution is -0.646. The molecule has 6 aromatic rings. The van der Waals surface area contributed by atoms with Gasteiger partial charge >= 0.3 is 36.9 Å². The van der Waals surface area contributed by atoms with E-state index in [1.165, 1.54) is 35.8 Å². The number of fused-ring (bicyclic) bond motifs is 3. The van der Waals surface area contributed by atoms with Crippen molar-refractivity contribution >= 4 is 76.5 Å². The number of aliphatic hydroxyl groups is 4. The van der Waals surface area contributed by atoms with Crippen LogP contribution >= 0.6 is 31.3 Å². The third-order valence-corrected chi connectivity index (χ3v) is 17.1. The molecule has 3 fully saturated rings. The summed E-state index contributed by atoms with van der Waals surface area (Å²) in [5.74, 6) is 0.135. The van der Waals surface area contributed by atoms with Crippen molar-refractivity contribution in [3.8, 4) is 0 Å². The van der Waals surface area contributed by atoms with Crippen LogP contribution in [0.25, 0.3) is 33.5 Å². The van der Waals surface area contributed by atoms with Gasteiger partial charge in [0.25, 0.3) is 16.7 Å². The number of nitrogen functional groups attached to an aromatic ring is 1. The number of imidazole rings is 3. The fraction of sp³-hybridized carbons (Fsp3) is 0.559. The molecule has 0 saturated carbocycles. The standard InChI is InChI=1S/C34H46N14O24P4/c1-12-41-27-17(29(53)42-12)40-10-47(27)31-21(51)19(49)13(67-31)5-64-73(55,56)70-23-15(69-33(24(23)63-4)46-9-39-16-25(36-2)37-8-38-26(16)46)7-66-75(59,60)72-76(61,62)71-74(57,58)65-6-14-20(50)22(52)32(68-14)48-11-45(3)18-28(48)43-34(35)44-30(18)54/h8-11,13-15,19-24,31-33,49-52H,5-7H2,1-4H3,(H8-,35,36,37,38,41,42,43,44,53,54,55,56,57,58,59,60,61,62)/p+1/t13-,14?,15-,19?,20?,21+,22?,23?,24+,31-,32-,33-/m1/s1. The summed E-state index contributed by atoms with van der Waals surface area (Å²) >= 11 is 0. The molecule has 3 saturated heterocycles. The molecule has 416 valence electrons. The van der Waals surface area contributed by atoms with E-state index in [9.17, 15) is 67.8 Å². The summed E-state index contributed by atoms with van der Waals surface area (Å²) in [6.07, 6.45) is -15.3. The minimum atomic E-state index is -6.20. The Labute approximate surface area is 422 Å². The van der Waals surface area contributed by atoms with Gasteiger partial charge in [-0.05, 0) is 6.92 Å². The number of aromatic nitrogens is 12. The monoisotopic (exact) mass is 1160 g/mol. The van der Waals surface area contributed by atoms with Gasteiger partial charge in [0, 0.05) is 14.2 Å². The first kappa shape index (κ1) is 55.8. The Balaban J connectivity index is 0.868. The number of phosphoric acid groups is 4. The lowest BCUT2D eigenvalue weighted by Gasteiger charge is -2.26. The van der Waals surface area contributed by atoms with Crippen molar-refractivity contribution in [1.82, 2.24) is 53.6 Å². The van der Waals surface area contributed by atoms with Crippen LogP contribution in [-0.4, -0.2) is 182 Å². The van der Waals surface area contributed by atoms with Gasteiger partial charge in [0.05, 0.1) is 39.5 Å². The maximum Gasteiger partial charge on any atom is 0.490 e. The highest BCUT2D eigenvalue weighted by Crippen LogP contribution is 2.68. The molecule has 16 atom stereocenters. The van der Waals surface area contributed by atoms with Crippen molar-refractivity contribution < 1.29 is 108 Å². The van der Waals surface area contributed by atoms with E-state index < -0.39 is 136 Å². The maximum absolute atomic E-state index is 13.7. The number of hydrogen-bond donors (Lipinski definition) is 12. The van der Waals surface area contributed by atoms with Gasteiger partial charge in [-0.15, -0.1) is 0 Å². The average Bonchev–Trinajstić information content (AvgIpc) is 4.19. The molecule has 42 heteroatoms. The molecule has 6 aromatic heterocycles. The van der Waals surface area contributed by atoms with E-state index >= 15 is 0 Å². The third-order valence-electron chi connectivity index (χ3n) is 11.9. The minimum absolute atomic E-state index is 0.0195. The number of nitrogens with one attached hydrogen (secondary N) is 3. The van der Waals surface area contributed by atoms with Crippen LogP contribution in [0.1, 0.15) is 24.5 Å². The molecule has 3 aliphatic rings. The SMILES string of the molecule is CNc1ncnc2c1ncn2[C@@H]1O[C@H](COP(=O)(O)OP(=O)(O)OP(=O)(O)OCC2O[C@@H](n3c[n+](C)c4c(=O)[nH]c(N)nc43)C(O)C2O)C(OP(=O)(O)OC[C@H]2O[C@@H](n3cnc4c(=O)[nH]c(C)nc43)[C@@H](O)C2O)[C@@H]1OC. The maximum atomic E-state index is 13.7. The lowest BCUT2D eigenvalue weighted by Crippen LogP contribution is -2.38. The highest BCUT2D eigenvalue weighted by atomic mass is 31.3. The summed E-state index contributed by atoms with van der Waals surface area (Å²) in [6.45, 7) is -1.85. The molecule has 9 unspecified atom stereocenters. The Morgan fingerprint density at radius 3 is 1.84 bits per heavy atom. The van der Waals surface area contributed by atoms with E-state index in [4.69, 9.17) is 42.8 Å². The van der Waals surface area contributed by atoms with Crippen molar-refractivity contribution in [2.75, 3.05) is 45.0 Å². The van der Waals surface area contributed by atoms with Gasteiger partial charge in [0.2, 0.25) is 18.5 Å². The second-order valence-electron chi connectivity index (χ2n) is 16.9. The smallest absolute Gasteiger partial charge is 0.387 e. The number of nitrogens with two attached hydrogens (primary N) is 1. The van der Waals surface area contributed by atoms with Gasteiger partial charge < -0.3 is 75.0 Å². The van der Waals surface area contributed by atoms with Crippen molar-refractivity contribution in [2.45, 2.75) is 80.5 Å². The van der Waals surface area contributed by atoms with Gasteiger partial charge in [-0.1, -0.05) is 0 Å². The first-order valence-corrected chi connectivity index (χ1v) is 27.8. The molecular weight excluding hydrogens is 1110 g/mol. The number of phosphoric ester groups is 3. The first-order valence-electron chi connectivity index (χ1n) is 21.8. The zero-order valence-corrected chi connectivity index (χ0v) is 42.9. The molecule has 0 aliphatic carbocycles. The van der Waals surface area contributed by atoms with Crippen LogP contribution in [0.15, 0.2) is 34.9 Å². The summed E-state index contributed by atoms with van der Waals surface area (Å²) < 4.78 is 109. The summed E-state index contributed by atoms with van der Waals surface area (Å²) in [5.41, 5.74) is 4.43. The third kappa shape index (κ3) is 11.1. The zero-order valence-electron chi connectivity index (χ0n) is 39.3. The normalized spacial score (nSPS) is 30.2. The highest BCUT2D eigenvalue weighted by molar-refractivity contribution is 7.66. The fourth-order valence-electron chi connectivity index (χ4n) is 8.55.